The first-order valence-corrected chi connectivity index (χ1v) is 10.5. The summed E-state index contributed by atoms with van der Waals surface area (Å²) in [6.45, 7) is 2.03. The van der Waals surface area contributed by atoms with Crippen LogP contribution < -0.4 is 15.4 Å². The van der Waals surface area contributed by atoms with E-state index in [1.165, 1.54) is 12.1 Å². The molecule has 2 amide bonds. The SMILES string of the molecule is Cc1cc(OCC(=O)NC23CC(COC(=O)Nc4ccc(Cl)c(F)c4)(C2)C3)ccc1Cl. The molecule has 9 heteroatoms. The molecule has 0 spiro atoms. The van der Waals surface area contributed by atoms with Crippen molar-refractivity contribution in [2.24, 2.45) is 5.41 Å². The fraction of sp³-hybridized carbons (Fsp3) is 0.364. The molecule has 5 rings (SSSR count). The fourth-order valence-electron chi connectivity index (χ4n) is 4.42. The van der Waals surface area contributed by atoms with Crippen LogP contribution in [0.3, 0.4) is 0 Å². The third kappa shape index (κ3) is 4.72. The maximum atomic E-state index is 13.4. The Morgan fingerprint density at radius 1 is 1.10 bits per heavy atom. The van der Waals surface area contributed by atoms with Crippen molar-refractivity contribution in [1.82, 2.24) is 5.32 Å². The van der Waals surface area contributed by atoms with E-state index in [1.807, 2.05) is 6.92 Å². The summed E-state index contributed by atoms with van der Waals surface area (Å²) < 4.78 is 24.2. The number of hydrogen-bond acceptors (Lipinski definition) is 4. The number of benzene rings is 2. The molecule has 3 saturated carbocycles. The van der Waals surface area contributed by atoms with Crippen molar-refractivity contribution in [2.45, 2.75) is 31.7 Å². The van der Waals surface area contributed by atoms with Crippen LogP contribution in [0.25, 0.3) is 0 Å². The minimum absolute atomic E-state index is 0.0196. The van der Waals surface area contributed by atoms with E-state index in [2.05, 4.69) is 10.6 Å². The molecule has 0 aliphatic heterocycles. The summed E-state index contributed by atoms with van der Waals surface area (Å²) in [7, 11) is 0. The first kappa shape index (κ1) is 21.7. The first-order chi connectivity index (χ1) is 14.7. The number of ether oxygens (including phenoxy) is 2. The van der Waals surface area contributed by atoms with Gasteiger partial charge in [0.05, 0.1) is 11.6 Å². The molecule has 3 aliphatic rings. The largest absolute Gasteiger partial charge is 0.484 e. The van der Waals surface area contributed by atoms with E-state index < -0.39 is 11.9 Å². The predicted molar refractivity (Wildman–Crippen MR) is 115 cm³/mol. The van der Waals surface area contributed by atoms with Gasteiger partial charge in [0, 0.05) is 21.7 Å². The van der Waals surface area contributed by atoms with Crippen molar-refractivity contribution in [3.8, 4) is 5.75 Å². The van der Waals surface area contributed by atoms with E-state index in [9.17, 15) is 14.0 Å². The van der Waals surface area contributed by atoms with Gasteiger partial charge in [-0.3, -0.25) is 10.1 Å². The summed E-state index contributed by atoms with van der Waals surface area (Å²) in [6, 6.07) is 9.21. The number of rotatable bonds is 7. The highest BCUT2D eigenvalue weighted by molar-refractivity contribution is 6.31. The van der Waals surface area contributed by atoms with Crippen LogP contribution in [-0.4, -0.2) is 30.8 Å². The molecule has 0 aromatic heterocycles. The molecule has 164 valence electrons. The Labute approximate surface area is 189 Å². The highest BCUT2D eigenvalue weighted by atomic mass is 35.5. The van der Waals surface area contributed by atoms with Gasteiger partial charge in [0.25, 0.3) is 5.91 Å². The molecular formula is C22H21Cl2FN2O4. The van der Waals surface area contributed by atoms with Crippen molar-refractivity contribution < 1.29 is 23.5 Å². The molecule has 2 bridgehead atoms. The number of halogens is 3. The van der Waals surface area contributed by atoms with Gasteiger partial charge in [0.1, 0.15) is 11.6 Å². The Bertz CT molecular complexity index is 1030. The molecular weight excluding hydrogens is 446 g/mol. The molecule has 31 heavy (non-hydrogen) atoms. The number of carbonyl (C=O) groups excluding carboxylic acids is 2. The first-order valence-electron chi connectivity index (χ1n) is 9.77. The molecule has 3 aliphatic carbocycles. The molecule has 0 unspecified atom stereocenters. The minimum Gasteiger partial charge on any atom is -0.484 e. The van der Waals surface area contributed by atoms with Crippen LogP contribution in [0.5, 0.6) is 5.75 Å². The second-order valence-corrected chi connectivity index (χ2v) is 9.20. The van der Waals surface area contributed by atoms with E-state index in [-0.39, 0.29) is 40.8 Å². The van der Waals surface area contributed by atoms with Gasteiger partial charge in [0.2, 0.25) is 0 Å². The predicted octanol–water partition coefficient (Wildman–Crippen LogP) is 5.11. The standard InChI is InChI=1S/C22H21Cl2FN2O4/c1-13-6-15(3-5-16(13)23)30-8-19(28)27-22-9-21(10-22,11-22)12-31-20(29)26-14-2-4-17(24)18(25)7-14/h2-7H,8-12H2,1H3,(H,26,29)(H,27,28). The quantitative estimate of drug-likeness (QED) is 0.594. The van der Waals surface area contributed by atoms with Crippen molar-refractivity contribution in [2.75, 3.05) is 18.5 Å². The maximum Gasteiger partial charge on any atom is 0.411 e. The van der Waals surface area contributed by atoms with E-state index >= 15 is 0 Å². The molecule has 0 heterocycles. The Kier molecular flexibility index (Phi) is 5.75. The lowest BCUT2D eigenvalue weighted by atomic mass is 9.39. The van der Waals surface area contributed by atoms with Crippen LogP contribution in [0.1, 0.15) is 24.8 Å². The Morgan fingerprint density at radius 2 is 1.81 bits per heavy atom. The van der Waals surface area contributed by atoms with Gasteiger partial charge < -0.3 is 14.8 Å². The van der Waals surface area contributed by atoms with Crippen LogP contribution >= 0.6 is 23.2 Å². The summed E-state index contributed by atoms with van der Waals surface area (Å²) in [6.07, 6.45) is 1.58. The number of hydrogen-bond donors (Lipinski definition) is 2. The number of nitrogens with one attached hydrogen (secondary N) is 2. The van der Waals surface area contributed by atoms with Crippen molar-refractivity contribution in [1.29, 1.82) is 0 Å². The summed E-state index contributed by atoms with van der Waals surface area (Å²) >= 11 is 11.6. The summed E-state index contributed by atoms with van der Waals surface area (Å²) in [4.78, 5) is 24.2. The Morgan fingerprint density at radius 3 is 2.48 bits per heavy atom. The third-order valence-electron chi connectivity index (χ3n) is 5.72. The molecule has 2 N–H and O–H groups in total. The number of aryl methyl sites for hydroxylation is 1. The summed E-state index contributed by atoms with van der Waals surface area (Å²) in [5.74, 6) is -0.220. The second kappa shape index (κ2) is 8.20. The van der Waals surface area contributed by atoms with Gasteiger partial charge in [-0.05, 0) is 68.1 Å². The van der Waals surface area contributed by atoms with Crippen molar-refractivity contribution >= 4 is 40.9 Å². The highest BCUT2D eigenvalue weighted by Crippen LogP contribution is 2.67. The minimum atomic E-state index is -0.656. The summed E-state index contributed by atoms with van der Waals surface area (Å²) in [5.41, 5.74) is 0.801. The van der Waals surface area contributed by atoms with Crippen LogP contribution in [-0.2, 0) is 9.53 Å². The molecule has 0 atom stereocenters. The van der Waals surface area contributed by atoms with Gasteiger partial charge in [-0.25, -0.2) is 9.18 Å². The van der Waals surface area contributed by atoms with E-state index in [0.29, 0.717) is 10.8 Å². The molecule has 2 aromatic rings. The topological polar surface area (TPSA) is 76.7 Å². The maximum absolute atomic E-state index is 13.4. The van der Waals surface area contributed by atoms with Crippen LogP contribution in [0.2, 0.25) is 10.0 Å². The van der Waals surface area contributed by atoms with Crippen LogP contribution in [0, 0.1) is 18.2 Å². The smallest absolute Gasteiger partial charge is 0.411 e. The molecule has 0 saturated heterocycles. The van der Waals surface area contributed by atoms with Gasteiger partial charge in [-0.1, -0.05) is 23.2 Å². The van der Waals surface area contributed by atoms with Gasteiger partial charge >= 0.3 is 6.09 Å². The number of carbonyl (C=O) groups is 2. The van der Waals surface area contributed by atoms with Crippen molar-refractivity contribution in [3.63, 3.8) is 0 Å². The lowest BCUT2D eigenvalue weighted by Gasteiger charge is -2.70. The van der Waals surface area contributed by atoms with Crippen LogP contribution in [0.4, 0.5) is 14.9 Å². The zero-order chi connectivity index (χ0) is 22.2. The monoisotopic (exact) mass is 466 g/mol. The lowest BCUT2D eigenvalue weighted by Crippen LogP contribution is -2.76. The molecule has 0 radical (unpaired) electrons. The second-order valence-electron chi connectivity index (χ2n) is 8.39. The normalized spacial score (nSPS) is 23.2. The zero-order valence-electron chi connectivity index (χ0n) is 16.8. The Balaban J connectivity index is 1.17. The third-order valence-corrected chi connectivity index (χ3v) is 6.45. The van der Waals surface area contributed by atoms with Gasteiger partial charge in [-0.15, -0.1) is 0 Å². The fourth-order valence-corrected chi connectivity index (χ4v) is 4.65. The number of amides is 2. The van der Waals surface area contributed by atoms with Crippen LogP contribution in [0.15, 0.2) is 36.4 Å². The van der Waals surface area contributed by atoms with Gasteiger partial charge in [-0.2, -0.15) is 0 Å². The van der Waals surface area contributed by atoms with E-state index in [0.717, 1.165) is 30.9 Å². The van der Waals surface area contributed by atoms with Gasteiger partial charge in [0.15, 0.2) is 6.61 Å². The lowest BCUT2D eigenvalue weighted by molar-refractivity contribution is -0.183. The van der Waals surface area contributed by atoms with E-state index in [4.69, 9.17) is 32.7 Å². The Hall–Kier alpha value is -2.51. The molecule has 6 nitrogen and oxygen atoms in total. The summed E-state index contributed by atoms with van der Waals surface area (Å²) in [5, 5.41) is 6.12. The molecule has 3 fully saturated rings. The zero-order valence-corrected chi connectivity index (χ0v) is 18.3. The number of anilines is 1. The van der Waals surface area contributed by atoms with E-state index in [1.54, 1.807) is 18.2 Å². The average molecular weight is 467 g/mol. The van der Waals surface area contributed by atoms with Crippen molar-refractivity contribution in [3.05, 3.63) is 57.8 Å². The molecule has 2 aromatic carbocycles. The highest BCUT2D eigenvalue weighted by Gasteiger charge is 2.69. The average Bonchev–Trinajstić information content (AvgIpc) is 2.66.